The zero-order valence-electron chi connectivity index (χ0n) is 10.5. The predicted molar refractivity (Wildman–Crippen MR) is 74.6 cm³/mol. The maximum atomic E-state index is 12.5. The first kappa shape index (κ1) is 14.2. The Kier molecular flexibility index (Phi) is 4.32. The summed E-state index contributed by atoms with van der Waals surface area (Å²) in [6.07, 6.45) is 0.565. The molecule has 19 heavy (non-hydrogen) atoms. The lowest BCUT2D eigenvalue weighted by Gasteiger charge is -2.34. The topological polar surface area (TPSA) is 49.4 Å². The molecule has 1 aromatic carbocycles. The molecule has 1 aromatic rings. The summed E-state index contributed by atoms with van der Waals surface area (Å²) >= 11 is 11.9. The van der Waals surface area contributed by atoms with Crippen LogP contribution in [-0.2, 0) is 4.79 Å². The zero-order valence-corrected chi connectivity index (χ0v) is 12.0. The fourth-order valence-corrected chi connectivity index (χ4v) is 2.55. The minimum atomic E-state index is -0.448. The van der Waals surface area contributed by atoms with E-state index in [1.165, 1.54) is 6.07 Å². The number of amides is 2. The lowest BCUT2D eigenvalue weighted by Crippen LogP contribution is -2.56. The average molecular weight is 301 g/mol. The first-order valence-corrected chi connectivity index (χ1v) is 6.84. The highest BCUT2D eigenvalue weighted by Crippen LogP contribution is 2.23. The molecule has 1 N–H and O–H groups in total. The Morgan fingerprint density at radius 2 is 2.21 bits per heavy atom. The van der Waals surface area contributed by atoms with Crippen LogP contribution in [0.25, 0.3) is 0 Å². The molecule has 6 heteroatoms. The van der Waals surface area contributed by atoms with Gasteiger partial charge in [-0.2, -0.15) is 0 Å². The Morgan fingerprint density at radius 1 is 1.47 bits per heavy atom. The van der Waals surface area contributed by atoms with Gasteiger partial charge in [0.05, 0.1) is 10.6 Å². The molecular weight excluding hydrogens is 287 g/mol. The second-order valence-corrected chi connectivity index (χ2v) is 5.18. The fraction of sp³-hybridized carbons (Fsp3) is 0.385. The van der Waals surface area contributed by atoms with E-state index in [4.69, 9.17) is 23.2 Å². The molecule has 1 aliphatic heterocycles. The molecule has 2 amide bonds. The number of rotatable bonds is 2. The number of nitrogens with one attached hydrogen (secondary N) is 1. The van der Waals surface area contributed by atoms with Crippen LogP contribution in [0.4, 0.5) is 0 Å². The molecule has 1 atom stereocenters. The van der Waals surface area contributed by atoms with Gasteiger partial charge < -0.3 is 10.2 Å². The zero-order chi connectivity index (χ0) is 14.0. The second-order valence-electron chi connectivity index (χ2n) is 4.34. The first-order chi connectivity index (χ1) is 9.04. The van der Waals surface area contributed by atoms with Gasteiger partial charge in [-0.05, 0) is 24.6 Å². The van der Waals surface area contributed by atoms with E-state index in [-0.39, 0.29) is 11.8 Å². The van der Waals surface area contributed by atoms with Gasteiger partial charge in [-0.3, -0.25) is 9.59 Å². The molecule has 0 radical (unpaired) electrons. The lowest BCUT2D eigenvalue weighted by atomic mass is 10.1. The number of hydrogen-bond donors (Lipinski definition) is 1. The summed E-state index contributed by atoms with van der Waals surface area (Å²) in [4.78, 5) is 25.8. The third-order valence-corrected chi connectivity index (χ3v) is 3.70. The van der Waals surface area contributed by atoms with Crippen LogP contribution in [0.5, 0.6) is 0 Å². The standard InChI is InChI=1S/C13H14Cl2N2O2/c1-2-11-12(18)16-5-6-17(11)13(19)9-7-8(14)3-4-10(9)15/h3-4,7,11H,2,5-6H2,1H3,(H,16,18). The number of carbonyl (C=O) groups excluding carboxylic acids is 2. The highest BCUT2D eigenvalue weighted by atomic mass is 35.5. The molecule has 4 nitrogen and oxygen atoms in total. The summed E-state index contributed by atoms with van der Waals surface area (Å²) in [5, 5.41) is 3.54. The third-order valence-electron chi connectivity index (χ3n) is 3.14. The number of benzene rings is 1. The second kappa shape index (κ2) is 5.80. The monoisotopic (exact) mass is 300 g/mol. The van der Waals surface area contributed by atoms with Gasteiger partial charge in [-0.15, -0.1) is 0 Å². The molecule has 1 fully saturated rings. The van der Waals surface area contributed by atoms with Crippen LogP contribution in [0, 0.1) is 0 Å². The van der Waals surface area contributed by atoms with Crippen molar-refractivity contribution in [3.05, 3.63) is 33.8 Å². The van der Waals surface area contributed by atoms with Crippen LogP contribution < -0.4 is 5.32 Å². The molecular formula is C13H14Cl2N2O2. The van der Waals surface area contributed by atoms with Gasteiger partial charge in [0.1, 0.15) is 6.04 Å². The van der Waals surface area contributed by atoms with Crippen LogP contribution in [-0.4, -0.2) is 35.8 Å². The molecule has 102 valence electrons. The largest absolute Gasteiger partial charge is 0.353 e. The van der Waals surface area contributed by atoms with E-state index in [0.717, 1.165) is 0 Å². The van der Waals surface area contributed by atoms with Crippen molar-refractivity contribution in [3.63, 3.8) is 0 Å². The van der Waals surface area contributed by atoms with Gasteiger partial charge in [0.15, 0.2) is 0 Å². The molecule has 0 spiro atoms. The van der Waals surface area contributed by atoms with Gasteiger partial charge in [-0.25, -0.2) is 0 Å². The normalized spacial score (nSPS) is 19.2. The van der Waals surface area contributed by atoms with Gasteiger partial charge in [0, 0.05) is 18.1 Å². The van der Waals surface area contributed by atoms with Crippen molar-refractivity contribution < 1.29 is 9.59 Å². The Labute approximate surface area is 121 Å². The molecule has 1 saturated heterocycles. The minimum absolute atomic E-state index is 0.125. The number of nitrogens with zero attached hydrogens (tertiary/aromatic N) is 1. The molecule has 0 aromatic heterocycles. The summed E-state index contributed by atoms with van der Waals surface area (Å²) in [7, 11) is 0. The van der Waals surface area contributed by atoms with E-state index in [0.29, 0.717) is 35.1 Å². The summed E-state index contributed by atoms with van der Waals surface area (Å²) in [6.45, 7) is 2.81. The van der Waals surface area contributed by atoms with E-state index >= 15 is 0 Å². The van der Waals surface area contributed by atoms with Gasteiger partial charge >= 0.3 is 0 Å². The van der Waals surface area contributed by atoms with Crippen molar-refractivity contribution in [1.29, 1.82) is 0 Å². The van der Waals surface area contributed by atoms with Gasteiger partial charge in [0.2, 0.25) is 5.91 Å². The van der Waals surface area contributed by atoms with Crippen LogP contribution in [0.1, 0.15) is 23.7 Å². The van der Waals surface area contributed by atoms with Gasteiger partial charge in [-0.1, -0.05) is 30.1 Å². The lowest BCUT2D eigenvalue weighted by molar-refractivity contribution is -0.127. The molecule has 1 unspecified atom stereocenters. The summed E-state index contributed by atoms with van der Waals surface area (Å²) in [5.41, 5.74) is 0.335. The average Bonchev–Trinajstić information content (AvgIpc) is 2.40. The van der Waals surface area contributed by atoms with E-state index in [1.54, 1.807) is 17.0 Å². The Balaban J connectivity index is 2.32. The fourth-order valence-electron chi connectivity index (χ4n) is 2.18. The van der Waals surface area contributed by atoms with E-state index in [2.05, 4.69) is 5.32 Å². The molecule has 0 aliphatic carbocycles. The molecule has 1 heterocycles. The third kappa shape index (κ3) is 2.85. The van der Waals surface area contributed by atoms with Crippen molar-refractivity contribution in [2.24, 2.45) is 0 Å². The highest BCUT2D eigenvalue weighted by Gasteiger charge is 2.32. The summed E-state index contributed by atoms with van der Waals surface area (Å²) in [5.74, 6) is -0.380. The Morgan fingerprint density at radius 3 is 2.89 bits per heavy atom. The number of halogens is 2. The van der Waals surface area contributed by atoms with Crippen molar-refractivity contribution in [2.45, 2.75) is 19.4 Å². The van der Waals surface area contributed by atoms with E-state index < -0.39 is 6.04 Å². The first-order valence-electron chi connectivity index (χ1n) is 6.08. The van der Waals surface area contributed by atoms with Crippen molar-refractivity contribution in [2.75, 3.05) is 13.1 Å². The van der Waals surface area contributed by atoms with Crippen molar-refractivity contribution in [3.8, 4) is 0 Å². The number of piperazine rings is 1. The predicted octanol–water partition coefficient (Wildman–Crippen LogP) is 2.34. The van der Waals surface area contributed by atoms with E-state index in [1.807, 2.05) is 6.92 Å². The highest BCUT2D eigenvalue weighted by molar-refractivity contribution is 6.35. The molecule has 0 bridgehead atoms. The van der Waals surface area contributed by atoms with Gasteiger partial charge in [0.25, 0.3) is 5.91 Å². The van der Waals surface area contributed by atoms with Crippen LogP contribution in [0.15, 0.2) is 18.2 Å². The Bertz CT molecular complexity index is 519. The molecule has 0 saturated carbocycles. The Hall–Kier alpha value is -1.26. The number of hydrogen-bond acceptors (Lipinski definition) is 2. The van der Waals surface area contributed by atoms with Crippen molar-refractivity contribution >= 4 is 35.0 Å². The maximum absolute atomic E-state index is 12.5. The summed E-state index contributed by atoms with van der Waals surface area (Å²) in [6, 6.07) is 4.30. The van der Waals surface area contributed by atoms with Crippen LogP contribution in [0.3, 0.4) is 0 Å². The molecule has 1 aliphatic rings. The minimum Gasteiger partial charge on any atom is -0.353 e. The maximum Gasteiger partial charge on any atom is 0.256 e. The quantitative estimate of drug-likeness (QED) is 0.911. The summed E-state index contributed by atoms with van der Waals surface area (Å²) < 4.78 is 0. The van der Waals surface area contributed by atoms with Crippen molar-refractivity contribution in [1.82, 2.24) is 10.2 Å². The SMILES string of the molecule is CCC1C(=O)NCCN1C(=O)c1cc(Cl)ccc1Cl. The van der Waals surface area contributed by atoms with Crippen LogP contribution in [0.2, 0.25) is 10.0 Å². The van der Waals surface area contributed by atoms with Crippen LogP contribution >= 0.6 is 23.2 Å². The smallest absolute Gasteiger partial charge is 0.256 e. The number of carbonyl (C=O) groups is 2. The van der Waals surface area contributed by atoms with E-state index in [9.17, 15) is 9.59 Å². The molecule has 2 rings (SSSR count).